The zero-order valence-electron chi connectivity index (χ0n) is 12.8. The Labute approximate surface area is 129 Å². The molecule has 2 N–H and O–H groups in total. The van der Waals surface area contributed by atoms with Crippen LogP contribution in [-0.4, -0.2) is 44.9 Å². The van der Waals surface area contributed by atoms with Gasteiger partial charge in [0.25, 0.3) is 5.91 Å². The molecule has 22 heavy (non-hydrogen) atoms. The summed E-state index contributed by atoms with van der Waals surface area (Å²) in [4.78, 5) is 14.2. The quantitative estimate of drug-likeness (QED) is 0.929. The fourth-order valence-electron chi connectivity index (χ4n) is 2.64. The van der Waals surface area contributed by atoms with Crippen LogP contribution < -0.4 is 5.73 Å². The first-order valence-electron chi connectivity index (χ1n) is 7.74. The number of aromatic nitrogens is 3. The fourth-order valence-corrected chi connectivity index (χ4v) is 2.64. The zero-order valence-corrected chi connectivity index (χ0v) is 12.8. The number of nitrogens with zero attached hydrogens (tertiary/aromatic N) is 4. The van der Waals surface area contributed by atoms with Crippen LogP contribution in [0.4, 0.5) is 0 Å². The van der Waals surface area contributed by atoms with Gasteiger partial charge in [-0.15, -0.1) is 5.10 Å². The van der Waals surface area contributed by atoms with E-state index in [2.05, 4.69) is 29.4 Å². The maximum atomic E-state index is 12.4. The van der Waals surface area contributed by atoms with E-state index in [1.807, 2.05) is 12.1 Å². The number of likely N-dealkylation sites (tertiary alicyclic amines) is 1. The van der Waals surface area contributed by atoms with E-state index < -0.39 is 0 Å². The summed E-state index contributed by atoms with van der Waals surface area (Å²) in [6.07, 6.45) is 4.38. The van der Waals surface area contributed by atoms with Gasteiger partial charge in [0.1, 0.15) is 0 Å². The smallest absolute Gasteiger partial charge is 0.276 e. The van der Waals surface area contributed by atoms with Gasteiger partial charge < -0.3 is 10.6 Å². The first kappa shape index (κ1) is 14.7. The van der Waals surface area contributed by atoms with Gasteiger partial charge in [-0.25, -0.2) is 4.68 Å². The van der Waals surface area contributed by atoms with Crippen molar-refractivity contribution in [2.75, 3.05) is 13.1 Å². The molecule has 0 radical (unpaired) electrons. The Morgan fingerprint density at radius 2 is 1.95 bits per heavy atom. The monoisotopic (exact) mass is 299 g/mol. The minimum Gasteiger partial charge on any atom is -0.337 e. The molecule has 116 valence electrons. The molecule has 0 aliphatic carbocycles. The number of hydrogen-bond acceptors (Lipinski definition) is 4. The summed E-state index contributed by atoms with van der Waals surface area (Å²) < 4.78 is 1.64. The Morgan fingerprint density at radius 3 is 2.59 bits per heavy atom. The number of carbonyl (C=O) groups excluding carboxylic acids is 1. The van der Waals surface area contributed by atoms with E-state index in [-0.39, 0.29) is 11.9 Å². The number of hydrogen-bond donors (Lipinski definition) is 1. The van der Waals surface area contributed by atoms with E-state index in [1.165, 1.54) is 5.56 Å². The molecule has 0 atom stereocenters. The van der Waals surface area contributed by atoms with Gasteiger partial charge in [-0.1, -0.05) is 24.3 Å². The average molecular weight is 299 g/mol. The molecule has 2 heterocycles. The number of rotatable bonds is 3. The van der Waals surface area contributed by atoms with Gasteiger partial charge in [-0.05, 0) is 37.0 Å². The van der Waals surface area contributed by atoms with Crippen molar-refractivity contribution in [1.29, 1.82) is 0 Å². The lowest BCUT2D eigenvalue weighted by molar-refractivity contribution is 0.0708. The molecule has 6 heteroatoms. The van der Waals surface area contributed by atoms with Crippen LogP contribution in [-0.2, 0) is 6.42 Å². The summed E-state index contributed by atoms with van der Waals surface area (Å²) in [5.41, 5.74) is 8.43. The first-order valence-corrected chi connectivity index (χ1v) is 7.74. The fraction of sp³-hybridized carbons (Fsp3) is 0.438. The van der Waals surface area contributed by atoms with Crippen LogP contribution in [0.2, 0.25) is 0 Å². The van der Waals surface area contributed by atoms with Crippen molar-refractivity contribution in [1.82, 2.24) is 19.9 Å². The third kappa shape index (κ3) is 3.01. The molecule has 1 amide bonds. The van der Waals surface area contributed by atoms with Crippen LogP contribution in [0.25, 0.3) is 5.69 Å². The van der Waals surface area contributed by atoms with Crippen LogP contribution in [0.5, 0.6) is 0 Å². The highest BCUT2D eigenvalue weighted by atomic mass is 16.2. The molecule has 3 rings (SSSR count). The Hall–Kier alpha value is -2.21. The number of amides is 1. The summed E-state index contributed by atoms with van der Waals surface area (Å²) in [5, 5.41) is 8.09. The van der Waals surface area contributed by atoms with Crippen molar-refractivity contribution in [2.24, 2.45) is 5.73 Å². The topological polar surface area (TPSA) is 77.0 Å². The minimum absolute atomic E-state index is 0.0664. The maximum Gasteiger partial charge on any atom is 0.276 e. The van der Waals surface area contributed by atoms with Gasteiger partial charge in [-0.2, -0.15) is 0 Å². The number of piperidine rings is 1. The lowest BCUT2D eigenvalue weighted by atomic mass is 10.1. The highest BCUT2D eigenvalue weighted by Gasteiger charge is 2.23. The Balaban J connectivity index is 1.73. The SMILES string of the molecule is CCc1ccc(-n2cc(C(=O)N3CCC(N)CC3)nn2)cc1. The second-order valence-electron chi connectivity index (χ2n) is 5.70. The van der Waals surface area contributed by atoms with Gasteiger partial charge in [0, 0.05) is 19.1 Å². The largest absolute Gasteiger partial charge is 0.337 e. The molecule has 0 saturated carbocycles. The lowest BCUT2D eigenvalue weighted by Gasteiger charge is -2.29. The summed E-state index contributed by atoms with van der Waals surface area (Å²) >= 11 is 0. The van der Waals surface area contributed by atoms with Crippen molar-refractivity contribution in [3.05, 3.63) is 41.7 Å². The molecule has 0 spiro atoms. The van der Waals surface area contributed by atoms with Gasteiger partial charge in [0.2, 0.25) is 0 Å². The van der Waals surface area contributed by atoms with Crippen LogP contribution in [0.1, 0.15) is 35.8 Å². The summed E-state index contributed by atoms with van der Waals surface area (Å²) in [7, 11) is 0. The van der Waals surface area contributed by atoms with Gasteiger partial charge in [-0.3, -0.25) is 4.79 Å². The Kier molecular flexibility index (Phi) is 4.20. The molecule has 1 aliphatic rings. The second-order valence-corrected chi connectivity index (χ2v) is 5.70. The normalized spacial score (nSPS) is 16.0. The van der Waals surface area contributed by atoms with E-state index in [0.29, 0.717) is 18.8 Å². The lowest BCUT2D eigenvalue weighted by Crippen LogP contribution is -2.43. The molecule has 1 aromatic carbocycles. The molecule has 1 aromatic heterocycles. The summed E-state index contributed by atoms with van der Waals surface area (Å²) in [6.45, 7) is 3.50. The van der Waals surface area contributed by atoms with Crippen molar-refractivity contribution in [3.8, 4) is 5.69 Å². The molecule has 0 unspecified atom stereocenters. The van der Waals surface area contributed by atoms with E-state index in [0.717, 1.165) is 24.9 Å². The molecular formula is C16H21N5O. The third-order valence-corrected chi connectivity index (χ3v) is 4.15. The van der Waals surface area contributed by atoms with Gasteiger partial charge >= 0.3 is 0 Å². The molecule has 6 nitrogen and oxygen atoms in total. The number of nitrogens with two attached hydrogens (primary N) is 1. The Bertz CT molecular complexity index is 641. The first-order chi connectivity index (χ1) is 10.7. The molecular weight excluding hydrogens is 278 g/mol. The second kappa shape index (κ2) is 6.27. The van der Waals surface area contributed by atoms with Crippen molar-refractivity contribution in [3.63, 3.8) is 0 Å². The van der Waals surface area contributed by atoms with E-state index in [1.54, 1.807) is 15.8 Å². The third-order valence-electron chi connectivity index (χ3n) is 4.15. The van der Waals surface area contributed by atoms with Crippen LogP contribution in [0.15, 0.2) is 30.5 Å². The predicted molar refractivity (Wildman–Crippen MR) is 83.8 cm³/mol. The van der Waals surface area contributed by atoms with Crippen molar-refractivity contribution < 1.29 is 4.79 Å². The molecule has 1 aliphatic heterocycles. The number of benzene rings is 1. The van der Waals surface area contributed by atoms with E-state index in [4.69, 9.17) is 5.73 Å². The van der Waals surface area contributed by atoms with Gasteiger partial charge in [0.15, 0.2) is 5.69 Å². The number of aryl methyl sites for hydroxylation is 1. The van der Waals surface area contributed by atoms with Crippen LogP contribution in [0, 0.1) is 0 Å². The highest BCUT2D eigenvalue weighted by molar-refractivity contribution is 5.92. The van der Waals surface area contributed by atoms with Gasteiger partial charge in [0.05, 0.1) is 11.9 Å². The zero-order chi connectivity index (χ0) is 15.5. The average Bonchev–Trinajstić information content (AvgIpc) is 3.05. The van der Waals surface area contributed by atoms with Crippen molar-refractivity contribution >= 4 is 5.91 Å². The summed E-state index contributed by atoms with van der Waals surface area (Å²) in [5.74, 6) is -0.0664. The molecule has 1 fully saturated rings. The molecule has 1 saturated heterocycles. The summed E-state index contributed by atoms with van der Waals surface area (Å²) in [6, 6.07) is 8.30. The standard InChI is InChI=1S/C16H21N5O/c1-2-12-3-5-14(6-4-12)21-11-15(18-19-21)16(22)20-9-7-13(17)8-10-20/h3-6,11,13H,2,7-10,17H2,1H3. The van der Waals surface area contributed by atoms with Crippen molar-refractivity contribution in [2.45, 2.75) is 32.2 Å². The maximum absolute atomic E-state index is 12.4. The molecule has 0 bridgehead atoms. The Morgan fingerprint density at radius 1 is 1.27 bits per heavy atom. The van der Waals surface area contributed by atoms with E-state index in [9.17, 15) is 4.79 Å². The minimum atomic E-state index is -0.0664. The highest BCUT2D eigenvalue weighted by Crippen LogP contribution is 2.13. The predicted octanol–water partition coefficient (Wildman–Crippen LogP) is 1.39. The number of carbonyl (C=O) groups is 1. The molecule has 2 aromatic rings. The van der Waals surface area contributed by atoms with Crippen LogP contribution in [0.3, 0.4) is 0 Å². The van der Waals surface area contributed by atoms with Crippen LogP contribution >= 0.6 is 0 Å². The van der Waals surface area contributed by atoms with E-state index >= 15 is 0 Å².